The predicted molar refractivity (Wildman–Crippen MR) is 62.7 cm³/mol. The van der Waals surface area contributed by atoms with Gasteiger partial charge in [-0.1, -0.05) is 6.42 Å². The molecule has 0 unspecified atom stereocenters. The lowest BCUT2D eigenvalue weighted by molar-refractivity contribution is -0.141. The third-order valence-electron chi connectivity index (χ3n) is 3.81. The molecule has 3 N–H and O–H groups in total. The first kappa shape index (κ1) is 12.2. The summed E-state index contributed by atoms with van der Waals surface area (Å²) in [5.41, 5.74) is -0.192. The van der Waals surface area contributed by atoms with Crippen molar-refractivity contribution in [3.05, 3.63) is 0 Å². The second-order valence-electron chi connectivity index (χ2n) is 5.43. The minimum Gasteiger partial charge on any atom is -0.481 e. The smallest absolute Gasteiger partial charge is 0.314 e. The van der Waals surface area contributed by atoms with Crippen LogP contribution in [0, 0.1) is 11.3 Å². The molecule has 0 radical (unpaired) electrons. The number of carboxylic acids is 1. The molecular weight excluding hydrogens is 220 g/mol. The molecule has 0 heterocycles. The van der Waals surface area contributed by atoms with Gasteiger partial charge in [-0.15, -0.1) is 0 Å². The predicted octanol–water partition coefficient (Wildman–Crippen LogP) is 1.34. The third-order valence-corrected chi connectivity index (χ3v) is 3.81. The molecular formula is C12H20N2O3. The summed E-state index contributed by atoms with van der Waals surface area (Å²) < 4.78 is 0. The highest BCUT2D eigenvalue weighted by atomic mass is 16.4. The number of carbonyl (C=O) groups excluding carboxylic acids is 1. The van der Waals surface area contributed by atoms with Crippen molar-refractivity contribution in [1.82, 2.24) is 10.6 Å². The third kappa shape index (κ3) is 3.61. The van der Waals surface area contributed by atoms with E-state index >= 15 is 0 Å². The summed E-state index contributed by atoms with van der Waals surface area (Å²) in [4.78, 5) is 22.2. The van der Waals surface area contributed by atoms with Crippen molar-refractivity contribution in [2.45, 2.75) is 38.5 Å². The van der Waals surface area contributed by atoms with E-state index in [0.717, 1.165) is 25.8 Å². The zero-order valence-electron chi connectivity index (χ0n) is 10.00. The van der Waals surface area contributed by atoms with E-state index < -0.39 is 5.97 Å². The lowest BCUT2D eigenvalue weighted by atomic mass is 9.66. The molecule has 2 saturated carbocycles. The summed E-state index contributed by atoms with van der Waals surface area (Å²) in [6, 6.07) is -0.159. The summed E-state index contributed by atoms with van der Waals surface area (Å²) in [6.45, 7) is 1.23. The van der Waals surface area contributed by atoms with Gasteiger partial charge in [-0.25, -0.2) is 4.79 Å². The molecule has 0 aromatic heterocycles. The van der Waals surface area contributed by atoms with E-state index in [1.165, 1.54) is 12.8 Å². The van der Waals surface area contributed by atoms with Crippen LogP contribution >= 0.6 is 0 Å². The van der Waals surface area contributed by atoms with Crippen LogP contribution in [0.2, 0.25) is 0 Å². The van der Waals surface area contributed by atoms with E-state index in [0.29, 0.717) is 12.5 Å². The Labute approximate surface area is 101 Å². The van der Waals surface area contributed by atoms with Crippen LogP contribution in [-0.4, -0.2) is 30.2 Å². The lowest BCUT2D eigenvalue weighted by Gasteiger charge is -2.40. The fraction of sp³-hybridized carbons (Fsp3) is 0.833. The minimum atomic E-state index is -0.773. The zero-order valence-corrected chi connectivity index (χ0v) is 10.00. The molecule has 5 heteroatoms. The van der Waals surface area contributed by atoms with E-state index in [2.05, 4.69) is 10.6 Å². The van der Waals surface area contributed by atoms with Gasteiger partial charge >= 0.3 is 12.0 Å². The van der Waals surface area contributed by atoms with Crippen LogP contribution in [0.15, 0.2) is 0 Å². The Kier molecular flexibility index (Phi) is 3.54. The highest BCUT2D eigenvalue weighted by Crippen LogP contribution is 2.43. The molecule has 0 bridgehead atoms. The van der Waals surface area contributed by atoms with Crippen LogP contribution in [-0.2, 0) is 4.79 Å². The Balaban J connectivity index is 1.67. The number of hydrogen-bond acceptors (Lipinski definition) is 2. The Morgan fingerprint density at radius 1 is 1.24 bits per heavy atom. The maximum absolute atomic E-state index is 11.5. The number of carbonyl (C=O) groups is 2. The maximum atomic E-state index is 11.5. The van der Waals surface area contributed by atoms with Gasteiger partial charge in [0.05, 0.1) is 6.42 Å². The van der Waals surface area contributed by atoms with Gasteiger partial charge < -0.3 is 15.7 Å². The number of amides is 2. The van der Waals surface area contributed by atoms with E-state index in [-0.39, 0.29) is 17.9 Å². The number of rotatable bonds is 6. The monoisotopic (exact) mass is 240 g/mol. The van der Waals surface area contributed by atoms with Crippen molar-refractivity contribution in [3.8, 4) is 0 Å². The molecule has 2 fully saturated rings. The van der Waals surface area contributed by atoms with Crippen molar-refractivity contribution in [2.24, 2.45) is 11.3 Å². The fourth-order valence-electron chi connectivity index (χ4n) is 2.30. The van der Waals surface area contributed by atoms with Crippen molar-refractivity contribution >= 4 is 12.0 Å². The molecule has 17 heavy (non-hydrogen) atoms. The summed E-state index contributed by atoms with van der Waals surface area (Å²) in [6.07, 6.45) is 5.46. The highest BCUT2D eigenvalue weighted by Gasteiger charge is 2.39. The van der Waals surface area contributed by atoms with Gasteiger partial charge in [-0.3, -0.25) is 4.79 Å². The topological polar surface area (TPSA) is 78.4 Å². The van der Waals surface area contributed by atoms with Crippen LogP contribution in [0.4, 0.5) is 4.79 Å². The number of carboxylic acid groups (broad SMARTS) is 1. The average molecular weight is 240 g/mol. The van der Waals surface area contributed by atoms with Gasteiger partial charge in [-0.05, 0) is 37.0 Å². The maximum Gasteiger partial charge on any atom is 0.314 e. The second kappa shape index (κ2) is 4.94. The van der Waals surface area contributed by atoms with Gasteiger partial charge in [0, 0.05) is 13.1 Å². The molecule has 2 amide bonds. The quantitative estimate of drug-likeness (QED) is 0.655. The van der Waals surface area contributed by atoms with Gasteiger partial charge in [0.25, 0.3) is 0 Å². The van der Waals surface area contributed by atoms with Gasteiger partial charge in [0.15, 0.2) is 0 Å². The molecule has 2 aliphatic carbocycles. The summed E-state index contributed by atoms with van der Waals surface area (Å²) in [5.74, 6) is -0.109. The van der Waals surface area contributed by atoms with Gasteiger partial charge in [0.2, 0.25) is 0 Å². The molecule has 0 aliphatic heterocycles. The first-order valence-electron chi connectivity index (χ1n) is 6.33. The number of aliphatic carboxylic acids is 1. The number of nitrogens with one attached hydrogen (secondary N) is 2. The summed E-state index contributed by atoms with van der Waals surface area (Å²) >= 11 is 0. The molecule has 2 aliphatic rings. The van der Waals surface area contributed by atoms with Gasteiger partial charge in [0.1, 0.15) is 0 Å². The molecule has 96 valence electrons. The van der Waals surface area contributed by atoms with Crippen LogP contribution in [0.25, 0.3) is 0 Å². The van der Waals surface area contributed by atoms with E-state index in [9.17, 15) is 9.59 Å². The van der Waals surface area contributed by atoms with E-state index in [4.69, 9.17) is 5.11 Å². The van der Waals surface area contributed by atoms with Crippen LogP contribution in [0.3, 0.4) is 0 Å². The average Bonchev–Trinajstić information content (AvgIpc) is 3.02. The molecule has 0 aromatic carbocycles. The SMILES string of the molecule is O=C(O)CC1(CNC(=O)NCC2CC2)CCC1. The number of hydrogen-bond donors (Lipinski definition) is 3. The second-order valence-corrected chi connectivity index (χ2v) is 5.43. The lowest BCUT2D eigenvalue weighted by Crippen LogP contribution is -2.46. The largest absolute Gasteiger partial charge is 0.481 e. The Bertz CT molecular complexity index is 309. The van der Waals surface area contributed by atoms with E-state index in [1.807, 2.05) is 0 Å². The standard InChI is InChI=1S/C12H20N2O3/c15-10(16)6-12(4-1-5-12)8-14-11(17)13-7-9-2-3-9/h9H,1-8H2,(H,15,16)(H2,13,14,17). The fourth-order valence-corrected chi connectivity index (χ4v) is 2.30. The molecule has 0 atom stereocenters. The van der Waals surface area contributed by atoms with Gasteiger partial charge in [-0.2, -0.15) is 0 Å². The Hall–Kier alpha value is -1.26. The molecule has 5 nitrogen and oxygen atoms in total. The summed E-state index contributed by atoms with van der Waals surface area (Å²) in [7, 11) is 0. The molecule has 0 saturated heterocycles. The van der Waals surface area contributed by atoms with Crippen LogP contribution in [0.5, 0.6) is 0 Å². The van der Waals surface area contributed by atoms with Crippen molar-refractivity contribution in [3.63, 3.8) is 0 Å². The first-order valence-corrected chi connectivity index (χ1v) is 6.33. The summed E-state index contributed by atoms with van der Waals surface area (Å²) in [5, 5.41) is 14.5. The van der Waals surface area contributed by atoms with Crippen molar-refractivity contribution < 1.29 is 14.7 Å². The Morgan fingerprint density at radius 3 is 2.41 bits per heavy atom. The molecule has 0 spiro atoms. The van der Waals surface area contributed by atoms with Crippen LogP contribution in [0.1, 0.15) is 38.5 Å². The zero-order chi connectivity index (χ0) is 12.3. The molecule has 2 rings (SSSR count). The first-order chi connectivity index (χ1) is 8.10. The molecule has 0 aromatic rings. The normalized spacial score (nSPS) is 21.4. The van der Waals surface area contributed by atoms with E-state index in [1.54, 1.807) is 0 Å². The Morgan fingerprint density at radius 2 is 1.94 bits per heavy atom. The van der Waals surface area contributed by atoms with Crippen molar-refractivity contribution in [1.29, 1.82) is 0 Å². The minimum absolute atomic E-state index is 0.159. The van der Waals surface area contributed by atoms with Crippen LogP contribution < -0.4 is 10.6 Å². The highest BCUT2D eigenvalue weighted by molar-refractivity contribution is 5.74. The number of urea groups is 1. The van der Waals surface area contributed by atoms with Crippen molar-refractivity contribution in [2.75, 3.05) is 13.1 Å².